The van der Waals surface area contributed by atoms with E-state index >= 15 is 0 Å². The molecular weight excluding hydrogens is 210 g/mol. The van der Waals surface area contributed by atoms with Crippen LogP contribution in [0.4, 0.5) is 5.69 Å². The third-order valence-electron chi connectivity index (χ3n) is 2.32. The van der Waals surface area contributed by atoms with Crippen LogP contribution in [0.15, 0.2) is 18.2 Å². The van der Waals surface area contributed by atoms with Crippen molar-refractivity contribution in [1.29, 1.82) is 0 Å². The van der Waals surface area contributed by atoms with E-state index in [1.54, 1.807) is 12.1 Å². The molecule has 0 saturated carbocycles. The number of nitrogen functional groups attached to an aromatic ring is 1. The summed E-state index contributed by atoms with van der Waals surface area (Å²) in [5.74, 6) is 0.0813. The molecule has 1 atom stereocenters. The van der Waals surface area contributed by atoms with Gasteiger partial charge < -0.3 is 26.2 Å². The first-order valence-electron chi connectivity index (χ1n) is 5.10. The molecule has 0 aliphatic rings. The summed E-state index contributed by atoms with van der Waals surface area (Å²) in [5.41, 5.74) is 6.62. The van der Waals surface area contributed by atoms with Crippen molar-refractivity contribution in [2.75, 3.05) is 5.73 Å². The van der Waals surface area contributed by atoms with Crippen molar-refractivity contribution in [3.05, 3.63) is 23.8 Å². The summed E-state index contributed by atoms with van der Waals surface area (Å²) in [7, 11) is 0. The molecule has 0 bridgehead atoms. The molecule has 1 unspecified atom stereocenters. The zero-order chi connectivity index (χ0) is 12.1. The SMILES string of the molecule is Nc1ccc(O)c(CC(O)CCC(O)O)c1. The highest BCUT2D eigenvalue weighted by Crippen LogP contribution is 2.22. The van der Waals surface area contributed by atoms with Crippen molar-refractivity contribution < 1.29 is 20.4 Å². The topological polar surface area (TPSA) is 107 Å². The van der Waals surface area contributed by atoms with Crippen LogP contribution in [0.3, 0.4) is 0 Å². The maximum atomic E-state index is 9.59. The third-order valence-corrected chi connectivity index (χ3v) is 2.32. The minimum absolute atomic E-state index is 0.0813. The smallest absolute Gasteiger partial charge is 0.151 e. The second-order valence-corrected chi connectivity index (χ2v) is 3.80. The Morgan fingerprint density at radius 3 is 2.44 bits per heavy atom. The molecule has 0 radical (unpaired) electrons. The fourth-order valence-corrected chi connectivity index (χ4v) is 1.47. The van der Waals surface area contributed by atoms with Gasteiger partial charge >= 0.3 is 0 Å². The van der Waals surface area contributed by atoms with Crippen molar-refractivity contribution in [2.24, 2.45) is 0 Å². The van der Waals surface area contributed by atoms with Crippen LogP contribution < -0.4 is 5.73 Å². The molecule has 5 heteroatoms. The predicted molar refractivity (Wildman–Crippen MR) is 59.7 cm³/mol. The van der Waals surface area contributed by atoms with Gasteiger partial charge in [0.25, 0.3) is 0 Å². The number of nitrogens with two attached hydrogens (primary N) is 1. The highest BCUT2D eigenvalue weighted by atomic mass is 16.5. The lowest BCUT2D eigenvalue weighted by Crippen LogP contribution is -2.15. The minimum Gasteiger partial charge on any atom is -0.508 e. The molecule has 0 saturated heterocycles. The van der Waals surface area contributed by atoms with Crippen LogP contribution in [0.25, 0.3) is 0 Å². The first-order valence-corrected chi connectivity index (χ1v) is 5.10. The van der Waals surface area contributed by atoms with E-state index < -0.39 is 12.4 Å². The molecule has 0 fully saturated rings. The lowest BCUT2D eigenvalue weighted by molar-refractivity contribution is -0.0529. The van der Waals surface area contributed by atoms with Crippen LogP contribution in [0.2, 0.25) is 0 Å². The Morgan fingerprint density at radius 1 is 1.12 bits per heavy atom. The van der Waals surface area contributed by atoms with E-state index in [0.29, 0.717) is 11.3 Å². The maximum absolute atomic E-state index is 9.59. The molecule has 0 amide bonds. The highest BCUT2D eigenvalue weighted by molar-refractivity contribution is 5.47. The van der Waals surface area contributed by atoms with Crippen molar-refractivity contribution in [2.45, 2.75) is 31.7 Å². The summed E-state index contributed by atoms with van der Waals surface area (Å²) in [6.07, 6.45) is -1.54. The minimum atomic E-state index is -1.41. The zero-order valence-corrected chi connectivity index (χ0v) is 8.87. The molecule has 0 aliphatic heterocycles. The van der Waals surface area contributed by atoms with Crippen molar-refractivity contribution in [3.8, 4) is 5.75 Å². The first kappa shape index (κ1) is 12.8. The van der Waals surface area contributed by atoms with Crippen LogP contribution in [0, 0.1) is 0 Å². The van der Waals surface area contributed by atoms with Gasteiger partial charge in [-0.2, -0.15) is 0 Å². The summed E-state index contributed by atoms with van der Waals surface area (Å²) in [6.45, 7) is 0. The lowest BCUT2D eigenvalue weighted by atomic mass is 10.0. The maximum Gasteiger partial charge on any atom is 0.151 e. The molecule has 90 valence electrons. The fourth-order valence-electron chi connectivity index (χ4n) is 1.47. The van der Waals surface area contributed by atoms with Crippen molar-refractivity contribution in [1.82, 2.24) is 0 Å². The normalized spacial score (nSPS) is 13.0. The average Bonchev–Trinajstić information content (AvgIpc) is 2.20. The van der Waals surface area contributed by atoms with E-state index in [4.69, 9.17) is 15.9 Å². The Bertz CT molecular complexity index is 341. The Labute approximate surface area is 93.8 Å². The van der Waals surface area contributed by atoms with Crippen LogP contribution in [-0.4, -0.2) is 32.8 Å². The first-order chi connectivity index (χ1) is 7.49. The van der Waals surface area contributed by atoms with Gasteiger partial charge in [0, 0.05) is 18.5 Å². The quantitative estimate of drug-likeness (QED) is 0.276. The van der Waals surface area contributed by atoms with Crippen LogP contribution in [-0.2, 0) is 6.42 Å². The van der Waals surface area contributed by atoms with Crippen molar-refractivity contribution >= 4 is 5.69 Å². The van der Waals surface area contributed by atoms with E-state index in [2.05, 4.69) is 0 Å². The number of benzene rings is 1. The van der Waals surface area contributed by atoms with E-state index in [9.17, 15) is 10.2 Å². The summed E-state index contributed by atoms with van der Waals surface area (Å²) < 4.78 is 0. The van der Waals surface area contributed by atoms with Gasteiger partial charge in [0.05, 0.1) is 6.10 Å². The van der Waals surface area contributed by atoms with Gasteiger partial charge in [-0.05, 0) is 30.2 Å². The van der Waals surface area contributed by atoms with Crippen LogP contribution in [0.1, 0.15) is 18.4 Å². The monoisotopic (exact) mass is 227 g/mol. The number of aliphatic hydroxyl groups is 3. The number of aromatic hydroxyl groups is 1. The third kappa shape index (κ3) is 4.06. The Kier molecular flexibility index (Phi) is 4.54. The molecule has 5 nitrogen and oxygen atoms in total. The molecular formula is C11H17NO4. The highest BCUT2D eigenvalue weighted by Gasteiger charge is 2.11. The van der Waals surface area contributed by atoms with Gasteiger partial charge in [0.1, 0.15) is 5.75 Å². The van der Waals surface area contributed by atoms with Crippen LogP contribution >= 0.6 is 0 Å². The molecule has 1 aromatic carbocycles. The number of hydrogen-bond donors (Lipinski definition) is 5. The average molecular weight is 227 g/mol. The molecule has 6 N–H and O–H groups in total. The van der Waals surface area contributed by atoms with Gasteiger partial charge in [-0.15, -0.1) is 0 Å². The standard InChI is InChI=1S/C11H17NO4/c12-8-1-3-10(14)7(5-8)6-9(13)2-4-11(15)16/h1,3,5,9,11,13-16H,2,4,6,12H2. The number of anilines is 1. The van der Waals surface area contributed by atoms with Gasteiger partial charge in [-0.3, -0.25) is 0 Å². The Morgan fingerprint density at radius 2 is 1.81 bits per heavy atom. The summed E-state index contributed by atoms with van der Waals surface area (Å²) in [4.78, 5) is 0. The van der Waals surface area contributed by atoms with E-state index in [0.717, 1.165) is 0 Å². The molecule has 1 aromatic rings. The Balaban J connectivity index is 2.55. The molecule has 1 rings (SSSR count). The molecule has 16 heavy (non-hydrogen) atoms. The second kappa shape index (κ2) is 5.69. The number of aliphatic hydroxyl groups excluding tert-OH is 2. The van der Waals surface area contributed by atoms with Gasteiger partial charge in [-0.25, -0.2) is 0 Å². The Hall–Kier alpha value is -1.30. The number of phenols is 1. The predicted octanol–water partition coefficient (Wildman–Crippen LogP) is -0.0313. The summed E-state index contributed by atoms with van der Waals surface area (Å²) in [6, 6.07) is 4.63. The second-order valence-electron chi connectivity index (χ2n) is 3.80. The summed E-state index contributed by atoms with van der Waals surface area (Å²) in [5, 5.41) is 36.4. The number of hydrogen-bond acceptors (Lipinski definition) is 5. The van der Waals surface area contributed by atoms with Crippen LogP contribution in [0.5, 0.6) is 5.75 Å². The molecule has 0 spiro atoms. The van der Waals surface area contributed by atoms with Gasteiger partial charge in [0.2, 0.25) is 0 Å². The van der Waals surface area contributed by atoms with Gasteiger partial charge in [-0.1, -0.05) is 0 Å². The van der Waals surface area contributed by atoms with E-state index in [1.807, 2.05) is 0 Å². The zero-order valence-electron chi connectivity index (χ0n) is 8.87. The largest absolute Gasteiger partial charge is 0.508 e. The number of phenolic OH excluding ortho intramolecular Hbond substituents is 1. The van der Waals surface area contributed by atoms with Gasteiger partial charge in [0.15, 0.2) is 6.29 Å². The summed E-state index contributed by atoms with van der Waals surface area (Å²) >= 11 is 0. The fraction of sp³-hybridized carbons (Fsp3) is 0.455. The molecule has 0 heterocycles. The lowest BCUT2D eigenvalue weighted by Gasteiger charge is -2.12. The van der Waals surface area contributed by atoms with E-state index in [1.165, 1.54) is 6.07 Å². The van der Waals surface area contributed by atoms with E-state index in [-0.39, 0.29) is 25.0 Å². The molecule has 0 aromatic heterocycles. The molecule has 0 aliphatic carbocycles. The number of rotatable bonds is 5. The van der Waals surface area contributed by atoms with Crippen molar-refractivity contribution in [3.63, 3.8) is 0 Å².